The molecule has 0 spiro atoms. The molecule has 2 heteroatoms. The van der Waals surface area contributed by atoms with E-state index >= 15 is 0 Å². The molecule has 0 amide bonds. The molecule has 1 N–H and O–H groups in total. The zero-order chi connectivity index (χ0) is 9.42. The van der Waals surface area contributed by atoms with Crippen LogP contribution in [0.3, 0.4) is 0 Å². The number of nitrogens with zero attached hydrogens (tertiary/aromatic N) is 1. The van der Waals surface area contributed by atoms with Gasteiger partial charge in [0, 0.05) is 7.05 Å². The maximum atomic E-state index is 3.37. The van der Waals surface area contributed by atoms with Crippen LogP contribution in [0.25, 0.3) is 0 Å². The second kappa shape index (κ2) is 3.04. The van der Waals surface area contributed by atoms with Gasteiger partial charge in [0.05, 0.1) is 11.7 Å². The lowest BCUT2D eigenvalue weighted by atomic mass is 10.0. The first-order chi connectivity index (χ1) is 6.22. The molecule has 1 aromatic rings. The number of rotatable bonds is 1. The van der Waals surface area contributed by atoms with Crippen molar-refractivity contribution in [2.75, 3.05) is 12.1 Å². The standard InChI is InChI=1S/C11H16N2/c1-4-9-5-6-10-8(2)12-13(3)11(10)7-9/h5-8,12H,4H2,1-3H3. The second-order valence-electron chi connectivity index (χ2n) is 3.66. The highest BCUT2D eigenvalue weighted by Gasteiger charge is 2.21. The maximum Gasteiger partial charge on any atom is 0.0567 e. The normalized spacial score (nSPS) is 20.5. The van der Waals surface area contributed by atoms with E-state index in [0.29, 0.717) is 6.04 Å². The molecular formula is C11H16N2. The van der Waals surface area contributed by atoms with E-state index < -0.39 is 0 Å². The number of hydrazine groups is 1. The van der Waals surface area contributed by atoms with Gasteiger partial charge in [0.25, 0.3) is 0 Å². The van der Waals surface area contributed by atoms with Crippen LogP contribution in [0.15, 0.2) is 18.2 Å². The molecular weight excluding hydrogens is 160 g/mol. The number of hydrogen-bond acceptors (Lipinski definition) is 2. The van der Waals surface area contributed by atoms with Crippen molar-refractivity contribution in [2.24, 2.45) is 0 Å². The number of benzene rings is 1. The average molecular weight is 176 g/mol. The van der Waals surface area contributed by atoms with Gasteiger partial charge in [-0.05, 0) is 30.5 Å². The number of hydrogen-bond donors (Lipinski definition) is 1. The third-order valence-electron chi connectivity index (χ3n) is 2.72. The summed E-state index contributed by atoms with van der Waals surface area (Å²) in [6.45, 7) is 4.38. The van der Waals surface area contributed by atoms with Crippen molar-refractivity contribution >= 4 is 5.69 Å². The first-order valence-corrected chi connectivity index (χ1v) is 4.85. The third kappa shape index (κ3) is 1.31. The predicted octanol–water partition coefficient (Wildman–Crippen LogP) is 2.26. The summed E-state index contributed by atoms with van der Waals surface area (Å²) in [5.74, 6) is 0. The Kier molecular flexibility index (Phi) is 2.00. The molecule has 0 aromatic heterocycles. The van der Waals surface area contributed by atoms with E-state index in [-0.39, 0.29) is 0 Å². The molecule has 2 rings (SSSR count). The lowest BCUT2D eigenvalue weighted by Gasteiger charge is -2.12. The number of aryl methyl sites for hydroxylation is 1. The summed E-state index contributed by atoms with van der Waals surface area (Å²) in [6, 6.07) is 7.17. The molecule has 0 saturated heterocycles. The van der Waals surface area contributed by atoms with Gasteiger partial charge in [0.1, 0.15) is 0 Å². The van der Waals surface area contributed by atoms with E-state index in [9.17, 15) is 0 Å². The predicted molar refractivity (Wildman–Crippen MR) is 55.8 cm³/mol. The first-order valence-electron chi connectivity index (χ1n) is 4.85. The minimum atomic E-state index is 0.450. The zero-order valence-corrected chi connectivity index (χ0v) is 8.46. The summed E-state index contributed by atoms with van der Waals surface area (Å²) in [5.41, 5.74) is 7.50. The van der Waals surface area contributed by atoms with Gasteiger partial charge in [-0.3, -0.25) is 0 Å². The fourth-order valence-electron chi connectivity index (χ4n) is 1.90. The van der Waals surface area contributed by atoms with Crippen LogP contribution in [-0.2, 0) is 6.42 Å². The molecule has 1 aromatic carbocycles. The highest BCUT2D eigenvalue weighted by Crippen LogP contribution is 2.32. The van der Waals surface area contributed by atoms with Crippen molar-refractivity contribution in [3.05, 3.63) is 29.3 Å². The molecule has 0 fully saturated rings. The highest BCUT2D eigenvalue weighted by molar-refractivity contribution is 5.58. The monoisotopic (exact) mass is 176 g/mol. The van der Waals surface area contributed by atoms with Crippen molar-refractivity contribution in [1.29, 1.82) is 0 Å². The molecule has 1 heterocycles. The maximum absolute atomic E-state index is 3.37. The van der Waals surface area contributed by atoms with Crippen molar-refractivity contribution in [2.45, 2.75) is 26.3 Å². The van der Waals surface area contributed by atoms with Gasteiger partial charge < -0.3 is 5.01 Å². The fraction of sp³-hybridized carbons (Fsp3) is 0.455. The Morgan fingerprint density at radius 3 is 2.92 bits per heavy atom. The lowest BCUT2D eigenvalue weighted by Crippen LogP contribution is -2.28. The third-order valence-corrected chi connectivity index (χ3v) is 2.72. The molecule has 13 heavy (non-hydrogen) atoms. The van der Waals surface area contributed by atoms with E-state index in [4.69, 9.17) is 0 Å². The molecule has 0 bridgehead atoms. The van der Waals surface area contributed by atoms with Gasteiger partial charge in [-0.25, -0.2) is 5.43 Å². The largest absolute Gasteiger partial charge is 0.311 e. The molecule has 2 nitrogen and oxygen atoms in total. The Morgan fingerprint density at radius 2 is 2.23 bits per heavy atom. The molecule has 1 unspecified atom stereocenters. The van der Waals surface area contributed by atoms with Crippen LogP contribution in [0.2, 0.25) is 0 Å². The SMILES string of the molecule is CCc1ccc2c(c1)N(C)NC2C. The second-order valence-corrected chi connectivity index (χ2v) is 3.66. The van der Waals surface area contributed by atoms with Gasteiger partial charge in [-0.15, -0.1) is 0 Å². The summed E-state index contributed by atoms with van der Waals surface area (Å²) in [6.07, 6.45) is 1.11. The molecule has 0 aliphatic carbocycles. The Hall–Kier alpha value is -1.02. The first kappa shape index (κ1) is 8.57. The minimum Gasteiger partial charge on any atom is -0.311 e. The quantitative estimate of drug-likeness (QED) is 0.706. The molecule has 0 radical (unpaired) electrons. The average Bonchev–Trinajstić information content (AvgIpc) is 2.42. The van der Waals surface area contributed by atoms with Crippen molar-refractivity contribution in [3.63, 3.8) is 0 Å². The number of anilines is 1. The summed E-state index contributed by atoms with van der Waals surface area (Å²) in [7, 11) is 2.07. The van der Waals surface area contributed by atoms with Crippen LogP contribution in [-0.4, -0.2) is 7.05 Å². The summed E-state index contributed by atoms with van der Waals surface area (Å²) in [5, 5.41) is 2.11. The summed E-state index contributed by atoms with van der Waals surface area (Å²) in [4.78, 5) is 0. The van der Waals surface area contributed by atoms with Crippen LogP contribution in [0.5, 0.6) is 0 Å². The topological polar surface area (TPSA) is 15.3 Å². The molecule has 1 aliphatic heterocycles. The van der Waals surface area contributed by atoms with E-state index in [1.54, 1.807) is 0 Å². The smallest absolute Gasteiger partial charge is 0.0567 e. The van der Waals surface area contributed by atoms with Crippen LogP contribution in [0.1, 0.15) is 31.0 Å². The molecule has 1 aliphatic rings. The Labute approximate surface area is 79.5 Å². The fourth-order valence-corrected chi connectivity index (χ4v) is 1.90. The van der Waals surface area contributed by atoms with Crippen LogP contribution < -0.4 is 10.4 Å². The van der Waals surface area contributed by atoms with Gasteiger partial charge in [0.15, 0.2) is 0 Å². The van der Waals surface area contributed by atoms with E-state index in [1.807, 2.05) is 0 Å². The van der Waals surface area contributed by atoms with E-state index in [2.05, 4.69) is 49.5 Å². The minimum absolute atomic E-state index is 0.450. The molecule has 0 saturated carbocycles. The zero-order valence-electron chi connectivity index (χ0n) is 8.46. The van der Waals surface area contributed by atoms with E-state index in [1.165, 1.54) is 16.8 Å². The van der Waals surface area contributed by atoms with Crippen molar-refractivity contribution in [3.8, 4) is 0 Å². The van der Waals surface area contributed by atoms with E-state index in [0.717, 1.165) is 6.42 Å². The Balaban J connectivity index is 2.46. The van der Waals surface area contributed by atoms with Gasteiger partial charge in [-0.2, -0.15) is 0 Å². The van der Waals surface area contributed by atoms with Crippen molar-refractivity contribution in [1.82, 2.24) is 5.43 Å². The van der Waals surface area contributed by atoms with Gasteiger partial charge >= 0.3 is 0 Å². The van der Waals surface area contributed by atoms with Gasteiger partial charge in [0.2, 0.25) is 0 Å². The molecule has 1 atom stereocenters. The lowest BCUT2D eigenvalue weighted by molar-refractivity contribution is 0.616. The summed E-state index contributed by atoms with van der Waals surface area (Å²) < 4.78 is 0. The highest BCUT2D eigenvalue weighted by atomic mass is 15.5. The van der Waals surface area contributed by atoms with Crippen LogP contribution in [0.4, 0.5) is 5.69 Å². The van der Waals surface area contributed by atoms with Crippen LogP contribution >= 0.6 is 0 Å². The number of nitrogens with one attached hydrogen (secondary N) is 1. The molecule has 70 valence electrons. The van der Waals surface area contributed by atoms with Crippen molar-refractivity contribution < 1.29 is 0 Å². The number of fused-ring (bicyclic) bond motifs is 1. The summed E-state index contributed by atoms with van der Waals surface area (Å²) >= 11 is 0. The Morgan fingerprint density at radius 1 is 1.46 bits per heavy atom. The van der Waals surface area contributed by atoms with Gasteiger partial charge in [-0.1, -0.05) is 19.1 Å². The Bertz CT molecular complexity index is 320. The van der Waals surface area contributed by atoms with Crippen LogP contribution in [0, 0.1) is 0 Å².